The molecule has 4 nitrogen and oxygen atoms in total. The van der Waals surface area contributed by atoms with Gasteiger partial charge in [0.05, 0.1) is 37.5 Å². The van der Waals surface area contributed by atoms with Crippen LogP contribution >= 0.6 is 0 Å². The van der Waals surface area contributed by atoms with E-state index in [2.05, 4.69) is 79.3 Å². The molecule has 1 aromatic heterocycles. The van der Waals surface area contributed by atoms with Gasteiger partial charge in [0, 0.05) is 5.39 Å². The van der Waals surface area contributed by atoms with E-state index in [0.717, 1.165) is 34.4 Å². The summed E-state index contributed by atoms with van der Waals surface area (Å²) in [6.45, 7) is 2.15. The van der Waals surface area contributed by atoms with Crippen molar-refractivity contribution in [1.29, 1.82) is 0 Å². The van der Waals surface area contributed by atoms with Crippen LogP contribution in [0.15, 0.2) is 66.9 Å². The summed E-state index contributed by atoms with van der Waals surface area (Å²) in [5.41, 5.74) is 4.93. The predicted octanol–water partition coefficient (Wildman–Crippen LogP) is 5.90. The maximum Gasteiger partial charge on any atom is 0.220 e. The Morgan fingerprint density at radius 2 is 1.39 bits per heavy atom. The highest BCUT2D eigenvalue weighted by molar-refractivity contribution is 6.15. The summed E-state index contributed by atoms with van der Waals surface area (Å²) in [7, 11) is 7.19. The van der Waals surface area contributed by atoms with E-state index in [9.17, 15) is 0 Å². The van der Waals surface area contributed by atoms with Crippen LogP contribution in [0.5, 0.6) is 17.2 Å². The minimum absolute atomic E-state index is 0.729. The molecule has 0 atom stereocenters. The number of hydrogen-bond donors (Lipinski definition) is 0. The summed E-state index contributed by atoms with van der Waals surface area (Å²) in [6, 6.07) is 21.3. The Bertz CT molecular complexity index is 1510. The van der Waals surface area contributed by atoms with Crippen molar-refractivity contribution < 1.29 is 18.8 Å². The van der Waals surface area contributed by atoms with Crippen LogP contribution in [0, 0.1) is 6.92 Å². The first-order chi connectivity index (χ1) is 16.1. The SMILES string of the molecule is COc1cc2c(ccc3c4ccc(OC)c(OC)c4c[n+](C)c23)c(Cc2ccccc2)c1C. The van der Waals surface area contributed by atoms with Gasteiger partial charge in [-0.05, 0) is 59.7 Å². The molecule has 0 saturated heterocycles. The van der Waals surface area contributed by atoms with Gasteiger partial charge in [0.2, 0.25) is 5.52 Å². The predicted molar refractivity (Wildman–Crippen MR) is 134 cm³/mol. The van der Waals surface area contributed by atoms with Gasteiger partial charge in [0.15, 0.2) is 17.7 Å². The van der Waals surface area contributed by atoms with Crippen LogP contribution in [0.3, 0.4) is 0 Å². The highest BCUT2D eigenvalue weighted by atomic mass is 16.5. The van der Waals surface area contributed by atoms with E-state index in [4.69, 9.17) is 14.2 Å². The number of pyridine rings is 1. The fourth-order valence-electron chi connectivity index (χ4n) is 5.02. The van der Waals surface area contributed by atoms with Crippen molar-refractivity contribution in [3.8, 4) is 17.2 Å². The van der Waals surface area contributed by atoms with Gasteiger partial charge in [0.1, 0.15) is 12.8 Å². The molecule has 0 spiro atoms. The van der Waals surface area contributed by atoms with Gasteiger partial charge in [-0.15, -0.1) is 0 Å². The standard InChI is InChI=1S/C29H28NO3/c1-18-23(15-19-9-7-6-8-10-19)21-11-12-22-20-13-14-26(31-3)29(33-5)25(20)17-30(2)28(22)24(21)16-27(18)32-4/h6-14,16-17H,15H2,1-5H3/q+1. The summed E-state index contributed by atoms with van der Waals surface area (Å²) in [4.78, 5) is 0. The average molecular weight is 439 g/mol. The number of fused-ring (bicyclic) bond motifs is 5. The molecule has 4 aromatic carbocycles. The Labute approximate surface area is 193 Å². The number of methoxy groups -OCH3 is 3. The van der Waals surface area contributed by atoms with Crippen LogP contribution in [0.1, 0.15) is 16.7 Å². The third kappa shape index (κ3) is 3.34. The summed E-state index contributed by atoms with van der Waals surface area (Å²) >= 11 is 0. The molecule has 0 aliphatic carbocycles. The molecular formula is C29H28NO3+. The first-order valence-electron chi connectivity index (χ1n) is 11.1. The van der Waals surface area contributed by atoms with Crippen molar-refractivity contribution >= 4 is 32.4 Å². The normalized spacial score (nSPS) is 11.3. The van der Waals surface area contributed by atoms with Crippen molar-refractivity contribution in [3.63, 3.8) is 0 Å². The van der Waals surface area contributed by atoms with E-state index < -0.39 is 0 Å². The first-order valence-corrected chi connectivity index (χ1v) is 11.1. The van der Waals surface area contributed by atoms with Crippen LogP contribution in [0.25, 0.3) is 32.4 Å². The molecule has 0 bridgehead atoms. The van der Waals surface area contributed by atoms with Gasteiger partial charge in [-0.2, -0.15) is 4.57 Å². The molecule has 0 fully saturated rings. The van der Waals surface area contributed by atoms with Gasteiger partial charge >= 0.3 is 0 Å². The van der Waals surface area contributed by atoms with E-state index in [-0.39, 0.29) is 0 Å². The van der Waals surface area contributed by atoms with Crippen molar-refractivity contribution in [2.75, 3.05) is 21.3 Å². The number of aromatic nitrogens is 1. The second-order valence-electron chi connectivity index (χ2n) is 8.40. The first kappa shape index (κ1) is 21.1. The fraction of sp³-hybridized carbons (Fsp3) is 0.207. The van der Waals surface area contributed by atoms with Gasteiger partial charge < -0.3 is 14.2 Å². The Hall–Kier alpha value is -3.79. The fourth-order valence-corrected chi connectivity index (χ4v) is 5.02. The molecular weight excluding hydrogens is 410 g/mol. The van der Waals surface area contributed by atoms with E-state index in [1.165, 1.54) is 38.4 Å². The van der Waals surface area contributed by atoms with Crippen molar-refractivity contribution in [1.82, 2.24) is 0 Å². The molecule has 5 rings (SSSR count). The largest absolute Gasteiger partial charge is 0.496 e. The van der Waals surface area contributed by atoms with Gasteiger partial charge in [-0.3, -0.25) is 0 Å². The zero-order valence-corrected chi connectivity index (χ0v) is 19.7. The maximum absolute atomic E-state index is 5.83. The molecule has 0 unspecified atom stereocenters. The lowest BCUT2D eigenvalue weighted by Gasteiger charge is -2.16. The summed E-state index contributed by atoms with van der Waals surface area (Å²) < 4.78 is 19.3. The zero-order chi connectivity index (χ0) is 23.1. The lowest BCUT2D eigenvalue weighted by molar-refractivity contribution is -0.642. The quantitative estimate of drug-likeness (QED) is 0.253. The second-order valence-corrected chi connectivity index (χ2v) is 8.40. The molecule has 166 valence electrons. The minimum Gasteiger partial charge on any atom is -0.496 e. The van der Waals surface area contributed by atoms with E-state index in [1.54, 1.807) is 21.3 Å². The van der Waals surface area contributed by atoms with Crippen molar-refractivity contribution in [2.24, 2.45) is 7.05 Å². The lowest BCUT2D eigenvalue weighted by atomic mass is 9.91. The Morgan fingerprint density at radius 3 is 2.09 bits per heavy atom. The average Bonchev–Trinajstić information content (AvgIpc) is 2.85. The third-order valence-electron chi connectivity index (χ3n) is 6.63. The number of aryl methyl sites for hydroxylation is 1. The summed E-state index contributed by atoms with van der Waals surface area (Å²) in [5.74, 6) is 2.39. The van der Waals surface area contributed by atoms with Gasteiger partial charge in [0.25, 0.3) is 0 Å². The highest BCUT2D eigenvalue weighted by Gasteiger charge is 2.22. The zero-order valence-electron chi connectivity index (χ0n) is 19.7. The van der Waals surface area contributed by atoms with Crippen molar-refractivity contribution in [2.45, 2.75) is 13.3 Å². The van der Waals surface area contributed by atoms with Crippen molar-refractivity contribution in [3.05, 3.63) is 83.6 Å². The monoisotopic (exact) mass is 438 g/mol. The van der Waals surface area contributed by atoms with E-state index >= 15 is 0 Å². The molecule has 0 radical (unpaired) electrons. The molecule has 0 saturated carbocycles. The maximum atomic E-state index is 5.83. The molecule has 0 N–H and O–H groups in total. The smallest absolute Gasteiger partial charge is 0.220 e. The number of ether oxygens (including phenoxy) is 3. The highest BCUT2D eigenvalue weighted by Crippen LogP contribution is 2.40. The third-order valence-corrected chi connectivity index (χ3v) is 6.63. The number of hydrogen-bond acceptors (Lipinski definition) is 3. The second kappa shape index (κ2) is 8.28. The van der Waals surface area contributed by atoms with Crippen LogP contribution in [-0.2, 0) is 13.5 Å². The molecule has 1 heterocycles. The molecule has 33 heavy (non-hydrogen) atoms. The summed E-state index contributed by atoms with van der Waals surface area (Å²) in [5, 5.41) is 5.75. The summed E-state index contributed by atoms with van der Waals surface area (Å²) in [6.07, 6.45) is 2.98. The number of benzene rings is 4. The van der Waals surface area contributed by atoms with Gasteiger partial charge in [-0.1, -0.05) is 36.4 Å². The molecule has 0 aliphatic heterocycles. The number of rotatable bonds is 5. The Balaban J connectivity index is 1.88. The Kier molecular flexibility index (Phi) is 5.29. The van der Waals surface area contributed by atoms with E-state index in [0.29, 0.717) is 0 Å². The van der Waals surface area contributed by atoms with Crippen LogP contribution in [0.2, 0.25) is 0 Å². The topological polar surface area (TPSA) is 31.6 Å². The molecule has 0 aliphatic rings. The van der Waals surface area contributed by atoms with Gasteiger partial charge in [-0.25, -0.2) is 0 Å². The lowest BCUT2D eigenvalue weighted by Crippen LogP contribution is -2.28. The molecule has 0 amide bonds. The van der Waals surface area contributed by atoms with E-state index in [1.807, 2.05) is 6.07 Å². The van der Waals surface area contributed by atoms with Crippen LogP contribution < -0.4 is 18.8 Å². The molecule has 4 heteroatoms. The van der Waals surface area contributed by atoms with Crippen LogP contribution in [-0.4, -0.2) is 21.3 Å². The van der Waals surface area contributed by atoms with Crippen LogP contribution in [0.4, 0.5) is 0 Å². The number of nitrogens with zero attached hydrogens (tertiary/aromatic N) is 1. The minimum atomic E-state index is 0.729. The Morgan fingerprint density at radius 1 is 0.697 bits per heavy atom. The molecule has 5 aromatic rings.